The van der Waals surface area contributed by atoms with Crippen molar-refractivity contribution in [1.82, 2.24) is 5.32 Å². The number of rotatable bonds is 6. The predicted octanol–water partition coefficient (Wildman–Crippen LogP) is 0.715. The summed E-state index contributed by atoms with van der Waals surface area (Å²) in [5.41, 5.74) is -1.60. The van der Waals surface area contributed by atoms with E-state index in [0.717, 1.165) is 12.8 Å². The van der Waals surface area contributed by atoms with Crippen LogP contribution in [0.15, 0.2) is 0 Å². The molecule has 0 aromatic heterocycles. The molecule has 0 bridgehead atoms. The lowest BCUT2D eigenvalue weighted by Gasteiger charge is -2.26. The molecule has 0 aromatic carbocycles. The number of carbonyl (C=O) groups excluding carboxylic acids is 1. The van der Waals surface area contributed by atoms with Gasteiger partial charge in [-0.1, -0.05) is 12.8 Å². The van der Waals surface area contributed by atoms with Crippen molar-refractivity contribution < 1.29 is 23.1 Å². The van der Waals surface area contributed by atoms with Crippen LogP contribution in [0.3, 0.4) is 0 Å². The molecule has 0 spiro atoms. The summed E-state index contributed by atoms with van der Waals surface area (Å²) in [4.78, 5) is 23.4. The molecule has 0 aromatic rings. The van der Waals surface area contributed by atoms with E-state index in [-0.39, 0.29) is 18.1 Å². The van der Waals surface area contributed by atoms with E-state index in [1.807, 2.05) is 0 Å². The summed E-state index contributed by atoms with van der Waals surface area (Å²) in [5.74, 6) is -1.32. The molecule has 2 saturated carbocycles. The summed E-state index contributed by atoms with van der Waals surface area (Å²) >= 11 is 0. The minimum absolute atomic E-state index is 0.00743. The summed E-state index contributed by atoms with van der Waals surface area (Å²) < 4.78 is 22.7. The van der Waals surface area contributed by atoms with Crippen LogP contribution in [0.25, 0.3) is 0 Å². The molecule has 2 fully saturated rings. The van der Waals surface area contributed by atoms with E-state index in [1.165, 1.54) is 6.26 Å². The first kappa shape index (κ1) is 15.3. The molecule has 0 heterocycles. The maximum Gasteiger partial charge on any atom is 0.329 e. The molecule has 2 aliphatic carbocycles. The number of sulfone groups is 1. The Bertz CT molecular complexity index is 515. The van der Waals surface area contributed by atoms with Crippen molar-refractivity contribution in [3.05, 3.63) is 0 Å². The fraction of sp³-hybridized carbons (Fsp3) is 0.846. The van der Waals surface area contributed by atoms with Crippen molar-refractivity contribution in [1.29, 1.82) is 0 Å². The van der Waals surface area contributed by atoms with Gasteiger partial charge in [-0.15, -0.1) is 0 Å². The van der Waals surface area contributed by atoms with Crippen molar-refractivity contribution in [2.75, 3.05) is 12.0 Å². The quantitative estimate of drug-likeness (QED) is 0.753. The van der Waals surface area contributed by atoms with Crippen LogP contribution in [0.2, 0.25) is 0 Å². The van der Waals surface area contributed by atoms with Gasteiger partial charge in [-0.3, -0.25) is 4.79 Å². The van der Waals surface area contributed by atoms with Crippen LogP contribution >= 0.6 is 0 Å². The maximum absolute atomic E-state index is 12.1. The lowest BCUT2D eigenvalue weighted by molar-refractivity contribution is -0.147. The van der Waals surface area contributed by atoms with Crippen molar-refractivity contribution in [2.24, 2.45) is 5.41 Å². The lowest BCUT2D eigenvalue weighted by atomic mass is 9.96. The number of aliphatic carboxylic acids is 1. The molecule has 1 amide bonds. The Balaban J connectivity index is 1.97. The number of carbonyl (C=O) groups is 2. The fourth-order valence-corrected chi connectivity index (χ4v) is 4.63. The first-order valence-corrected chi connectivity index (χ1v) is 8.95. The molecule has 0 saturated heterocycles. The highest BCUT2D eigenvalue weighted by molar-refractivity contribution is 7.90. The van der Waals surface area contributed by atoms with E-state index in [2.05, 4.69) is 5.32 Å². The summed E-state index contributed by atoms with van der Waals surface area (Å²) in [5, 5.41) is 11.9. The summed E-state index contributed by atoms with van der Waals surface area (Å²) in [7, 11) is -3.12. The summed E-state index contributed by atoms with van der Waals surface area (Å²) in [6.45, 7) is 0. The van der Waals surface area contributed by atoms with Crippen LogP contribution in [-0.4, -0.2) is 42.9 Å². The van der Waals surface area contributed by atoms with Gasteiger partial charge in [-0.05, 0) is 31.1 Å². The van der Waals surface area contributed by atoms with E-state index in [4.69, 9.17) is 0 Å². The Labute approximate surface area is 118 Å². The molecular formula is C13H21NO5S. The smallest absolute Gasteiger partial charge is 0.329 e. The maximum atomic E-state index is 12.1. The van der Waals surface area contributed by atoms with Gasteiger partial charge in [-0.2, -0.15) is 0 Å². The second-order valence-electron chi connectivity index (χ2n) is 6.39. The number of amides is 1. The number of nitrogens with one attached hydrogen (secondary N) is 1. The number of hydrogen-bond acceptors (Lipinski definition) is 4. The third kappa shape index (κ3) is 3.50. The Morgan fingerprint density at radius 1 is 1.15 bits per heavy atom. The van der Waals surface area contributed by atoms with Gasteiger partial charge in [0.25, 0.3) is 0 Å². The largest absolute Gasteiger partial charge is 0.480 e. The molecule has 2 N–H and O–H groups in total. The van der Waals surface area contributed by atoms with Crippen LogP contribution in [0.5, 0.6) is 0 Å². The summed E-state index contributed by atoms with van der Waals surface area (Å²) in [6.07, 6.45) is 5.19. The zero-order valence-corrected chi connectivity index (χ0v) is 12.5. The Hall–Kier alpha value is -1.11. The van der Waals surface area contributed by atoms with Gasteiger partial charge in [0, 0.05) is 12.7 Å². The Kier molecular flexibility index (Phi) is 3.83. The highest BCUT2D eigenvalue weighted by atomic mass is 32.2. The van der Waals surface area contributed by atoms with Gasteiger partial charge in [0.15, 0.2) is 0 Å². The average Bonchev–Trinajstić information content (AvgIpc) is 2.84. The van der Waals surface area contributed by atoms with Gasteiger partial charge in [0.1, 0.15) is 15.4 Å². The Morgan fingerprint density at radius 2 is 1.70 bits per heavy atom. The minimum atomic E-state index is -3.12. The fourth-order valence-electron chi connectivity index (χ4n) is 3.13. The van der Waals surface area contributed by atoms with Crippen LogP contribution in [0.1, 0.15) is 44.9 Å². The van der Waals surface area contributed by atoms with Gasteiger partial charge < -0.3 is 10.4 Å². The van der Waals surface area contributed by atoms with Gasteiger partial charge in [0.05, 0.1) is 5.75 Å². The van der Waals surface area contributed by atoms with Gasteiger partial charge in [-0.25, -0.2) is 13.2 Å². The molecule has 0 radical (unpaired) electrons. The van der Waals surface area contributed by atoms with Crippen LogP contribution < -0.4 is 5.32 Å². The third-order valence-corrected chi connectivity index (χ3v) is 5.44. The van der Waals surface area contributed by atoms with Crippen molar-refractivity contribution in [3.63, 3.8) is 0 Å². The molecule has 0 atom stereocenters. The van der Waals surface area contributed by atoms with E-state index in [0.29, 0.717) is 25.7 Å². The second-order valence-corrected chi connectivity index (χ2v) is 8.53. The first-order valence-electron chi connectivity index (χ1n) is 6.89. The second kappa shape index (κ2) is 5.02. The monoisotopic (exact) mass is 303 g/mol. The normalized spacial score (nSPS) is 23.2. The molecule has 0 aliphatic heterocycles. The Morgan fingerprint density at radius 3 is 2.10 bits per heavy atom. The van der Waals surface area contributed by atoms with E-state index in [1.54, 1.807) is 0 Å². The average molecular weight is 303 g/mol. The lowest BCUT2D eigenvalue weighted by Crippen LogP contribution is -2.53. The van der Waals surface area contributed by atoms with E-state index in [9.17, 15) is 23.1 Å². The van der Waals surface area contributed by atoms with Gasteiger partial charge >= 0.3 is 5.97 Å². The van der Waals surface area contributed by atoms with Crippen molar-refractivity contribution in [3.8, 4) is 0 Å². The zero-order valence-electron chi connectivity index (χ0n) is 11.6. The number of carboxylic acid groups (broad SMARTS) is 1. The first-order chi connectivity index (χ1) is 9.17. The number of carboxylic acids is 1. The highest BCUT2D eigenvalue weighted by Gasteiger charge is 2.49. The van der Waals surface area contributed by atoms with E-state index < -0.39 is 26.8 Å². The van der Waals surface area contributed by atoms with E-state index >= 15 is 0 Å². The third-order valence-electron chi connectivity index (χ3n) is 4.31. The molecule has 114 valence electrons. The van der Waals surface area contributed by atoms with Gasteiger partial charge in [0.2, 0.25) is 5.91 Å². The molecule has 6 nitrogen and oxygen atoms in total. The molecule has 2 rings (SSSR count). The van der Waals surface area contributed by atoms with Crippen LogP contribution in [0, 0.1) is 5.41 Å². The molecule has 2 aliphatic rings. The van der Waals surface area contributed by atoms with Crippen LogP contribution in [-0.2, 0) is 19.4 Å². The highest BCUT2D eigenvalue weighted by Crippen LogP contribution is 2.50. The number of hydrogen-bond donors (Lipinski definition) is 2. The summed E-state index contributed by atoms with van der Waals surface area (Å²) in [6, 6.07) is 0. The minimum Gasteiger partial charge on any atom is -0.480 e. The predicted molar refractivity (Wildman–Crippen MR) is 73.0 cm³/mol. The van der Waals surface area contributed by atoms with Crippen molar-refractivity contribution >= 4 is 21.7 Å². The molecule has 0 unspecified atom stereocenters. The molecule has 7 heteroatoms. The van der Waals surface area contributed by atoms with Crippen LogP contribution in [0.4, 0.5) is 0 Å². The SMILES string of the molecule is CS(=O)(=O)CC1(CC(=O)NC2(C(=O)O)CCCC2)CC1. The zero-order chi connectivity index (χ0) is 15.0. The molecular weight excluding hydrogens is 282 g/mol. The van der Waals surface area contributed by atoms with Crippen molar-refractivity contribution in [2.45, 2.75) is 50.5 Å². The molecule has 20 heavy (non-hydrogen) atoms. The standard InChI is InChI=1S/C13H21NO5S/c1-20(18,19)9-12(6-7-12)8-10(15)14-13(11(16)17)4-2-3-5-13/h2-9H2,1H3,(H,14,15)(H,16,17). The topological polar surface area (TPSA) is 101 Å².